The van der Waals surface area contributed by atoms with E-state index in [0.29, 0.717) is 6.42 Å². The third-order valence-corrected chi connectivity index (χ3v) is 3.00. The first-order valence-electron chi connectivity index (χ1n) is 6.81. The second-order valence-corrected chi connectivity index (χ2v) is 4.70. The van der Waals surface area contributed by atoms with E-state index in [2.05, 4.69) is 10.3 Å². The molecule has 0 radical (unpaired) electrons. The molecule has 0 saturated carbocycles. The van der Waals surface area contributed by atoms with Crippen LogP contribution in [0.4, 0.5) is 0 Å². The zero-order chi connectivity index (χ0) is 14.9. The van der Waals surface area contributed by atoms with Gasteiger partial charge in [-0.05, 0) is 29.7 Å². The van der Waals surface area contributed by atoms with Gasteiger partial charge in [0, 0.05) is 18.5 Å². The Morgan fingerprint density at radius 1 is 1.24 bits per heavy atom. The molecule has 4 nitrogen and oxygen atoms in total. The van der Waals surface area contributed by atoms with Crippen molar-refractivity contribution in [2.24, 2.45) is 0 Å². The van der Waals surface area contributed by atoms with Gasteiger partial charge < -0.3 is 10.4 Å². The van der Waals surface area contributed by atoms with Crippen LogP contribution >= 0.6 is 0 Å². The minimum atomic E-state index is -0.293. The summed E-state index contributed by atoms with van der Waals surface area (Å²) >= 11 is 0. The Labute approximate surface area is 124 Å². The second-order valence-electron chi connectivity index (χ2n) is 4.70. The van der Waals surface area contributed by atoms with Crippen molar-refractivity contribution in [2.45, 2.75) is 12.5 Å². The molecular formula is C17H18N2O2. The normalized spacial score (nSPS) is 12.2. The highest BCUT2D eigenvalue weighted by Crippen LogP contribution is 2.03. The van der Waals surface area contributed by atoms with E-state index >= 15 is 0 Å². The molecule has 4 heteroatoms. The monoisotopic (exact) mass is 282 g/mol. The van der Waals surface area contributed by atoms with Crippen molar-refractivity contribution in [3.63, 3.8) is 0 Å². The predicted octanol–water partition coefficient (Wildman–Crippen LogP) is 1.81. The molecule has 0 saturated heterocycles. The van der Waals surface area contributed by atoms with Crippen molar-refractivity contribution < 1.29 is 9.90 Å². The summed E-state index contributed by atoms with van der Waals surface area (Å²) < 4.78 is 0. The minimum absolute atomic E-state index is 0.0959. The lowest BCUT2D eigenvalue weighted by Gasteiger charge is -2.15. The number of nitrogens with one attached hydrogen (secondary N) is 1. The number of pyridine rings is 1. The minimum Gasteiger partial charge on any atom is -0.394 e. The molecule has 1 amide bonds. The predicted molar refractivity (Wildman–Crippen MR) is 82.4 cm³/mol. The van der Waals surface area contributed by atoms with Gasteiger partial charge in [0.15, 0.2) is 0 Å². The Balaban J connectivity index is 1.89. The highest BCUT2D eigenvalue weighted by molar-refractivity contribution is 5.91. The number of carbonyl (C=O) groups is 1. The first kappa shape index (κ1) is 14.9. The van der Waals surface area contributed by atoms with Crippen LogP contribution in [-0.4, -0.2) is 28.6 Å². The topological polar surface area (TPSA) is 62.2 Å². The van der Waals surface area contributed by atoms with E-state index in [1.807, 2.05) is 42.5 Å². The standard InChI is InChI=1S/C17H18N2O2/c20-13-16(11-14-5-2-1-3-6-14)19-17(21)9-8-15-7-4-10-18-12-15/h1-10,12,16,20H,11,13H2,(H,19,21)/b9-8+/t16-/m0/s1. The van der Waals surface area contributed by atoms with Crippen molar-refractivity contribution in [1.29, 1.82) is 0 Å². The van der Waals surface area contributed by atoms with Crippen LogP contribution < -0.4 is 5.32 Å². The lowest BCUT2D eigenvalue weighted by atomic mass is 10.1. The molecule has 1 aromatic heterocycles. The van der Waals surface area contributed by atoms with Crippen LogP contribution in [0.5, 0.6) is 0 Å². The lowest BCUT2D eigenvalue weighted by molar-refractivity contribution is -0.117. The quantitative estimate of drug-likeness (QED) is 0.794. The van der Waals surface area contributed by atoms with E-state index in [4.69, 9.17) is 0 Å². The maximum atomic E-state index is 11.8. The van der Waals surface area contributed by atoms with Gasteiger partial charge in [0.05, 0.1) is 12.6 Å². The summed E-state index contributed by atoms with van der Waals surface area (Å²) in [5, 5.41) is 12.2. The first-order chi connectivity index (χ1) is 10.3. The number of amides is 1. The van der Waals surface area contributed by atoms with Crippen LogP contribution in [0.3, 0.4) is 0 Å². The number of rotatable bonds is 6. The van der Waals surface area contributed by atoms with Crippen molar-refractivity contribution >= 4 is 12.0 Å². The Morgan fingerprint density at radius 2 is 2.05 bits per heavy atom. The molecular weight excluding hydrogens is 264 g/mol. The summed E-state index contributed by atoms with van der Waals surface area (Å²) in [4.78, 5) is 15.8. The number of benzene rings is 1. The molecule has 1 aromatic carbocycles. The molecule has 2 N–H and O–H groups in total. The SMILES string of the molecule is O=C(/C=C/c1cccnc1)N[C@H](CO)Cc1ccccc1. The molecule has 108 valence electrons. The van der Waals surface area contributed by atoms with E-state index in [0.717, 1.165) is 11.1 Å². The van der Waals surface area contributed by atoms with Crippen molar-refractivity contribution in [3.8, 4) is 0 Å². The molecule has 0 aliphatic carbocycles. The van der Waals surface area contributed by atoms with E-state index in [1.165, 1.54) is 6.08 Å². The van der Waals surface area contributed by atoms with Gasteiger partial charge in [-0.1, -0.05) is 36.4 Å². The van der Waals surface area contributed by atoms with Gasteiger partial charge in [0.1, 0.15) is 0 Å². The lowest BCUT2D eigenvalue weighted by Crippen LogP contribution is -2.38. The average Bonchev–Trinajstić information content (AvgIpc) is 2.54. The smallest absolute Gasteiger partial charge is 0.244 e. The fourth-order valence-electron chi connectivity index (χ4n) is 1.96. The van der Waals surface area contributed by atoms with Gasteiger partial charge in [-0.3, -0.25) is 9.78 Å². The molecule has 0 spiro atoms. The van der Waals surface area contributed by atoms with Crippen molar-refractivity contribution in [3.05, 3.63) is 72.1 Å². The second kappa shape index (κ2) is 7.97. The number of carbonyl (C=O) groups excluding carboxylic acids is 1. The van der Waals surface area contributed by atoms with Crippen LogP contribution in [0.1, 0.15) is 11.1 Å². The van der Waals surface area contributed by atoms with Gasteiger partial charge in [0.2, 0.25) is 5.91 Å². The van der Waals surface area contributed by atoms with Gasteiger partial charge in [-0.25, -0.2) is 0 Å². The van der Waals surface area contributed by atoms with Gasteiger partial charge in [-0.2, -0.15) is 0 Å². The molecule has 0 fully saturated rings. The Kier molecular flexibility index (Phi) is 5.67. The molecule has 0 aliphatic heterocycles. The van der Waals surface area contributed by atoms with Crippen LogP contribution in [0, 0.1) is 0 Å². The summed E-state index contributed by atoms with van der Waals surface area (Å²) in [5.74, 6) is -0.228. The van der Waals surface area contributed by atoms with Crippen LogP contribution in [0.25, 0.3) is 6.08 Å². The maximum absolute atomic E-state index is 11.8. The number of aromatic nitrogens is 1. The van der Waals surface area contributed by atoms with E-state index < -0.39 is 0 Å². The van der Waals surface area contributed by atoms with Crippen LogP contribution in [0.2, 0.25) is 0 Å². The highest BCUT2D eigenvalue weighted by Gasteiger charge is 2.10. The number of hydrogen-bond donors (Lipinski definition) is 2. The number of aliphatic hydroxyl groups excluding tert-OH is 1. The number of nitrogens with zero attached hydrogens (tertiary/aromatic N) is 1. The molecule has 1 heterocycles. The zero-order valence-corrected chi connectivity index (χ0v) is 11.6. The van der Waals surface area contributed by atoms with E-state index in [1.54, 1.807) is 18.5 Å². The van der Waals surface area contributed by atoms with Crippen molar-refractivity contribution in [2.75, 3.05) is 6.61 Å². The van der Waals surface area contributed by atoms with Crippen LogP contribution in [0.15, 0.2) is 60.9 Å². The summed E-state index contributed by atoms with van der Waals surface area (Å²) in [6.07, 6.45) is 7.10. The first-order valence-corrected chi connectivity index (χ1v) is 6.81. The maximum Gasteiger partial charge on any atom is 0.244 e. The molecule has 0 bridgehead atoms. The number of hydrogen-bond acceptors (Lipinski definition) is 3. The molecule has 0 aliphatic rings. The molecule has 1 atom stereocenters. The molecule has 21 heavy (non-hydrogen) atoms. The van der Waals surface area contributed by atoms with Gasteiger partial charge >= 0.3 is 0 Å². The summed E-state index contributed by atoms with van der Waals surface area (Å²) in [6.45, 7) is -0.0959. The third kappa shape index (κ3) is 5.20. The molecule has 2 aromatic rings. The van der Waals surface area contributed by atoms with E-state index in [-0.39, 0.29) is 18.6 Å². The van der Waals surface area contributed by atoms with E-state index in [9.17, 15) is 9.90 Å². The molecule has 0 unspecified atom stereocenters. The summed E-state index contributed by atoms with van der Waals surface area (Å²) in [6, 6.07) is 13.1. The zero-order valence-electron chi connectivity index (χ0n) is 11.6. The third-order valence-electron chi connectivity index (χ3n) is 3.00. The summed E-state index contributed by atoms with van der Waals surface area (Å²) in [7, 11) is 0. The van der Waals surface area contributed by atoms with Gasteiger partial charge in [0.25, 0.3) is 0 Å². The fraction of sp³-hybridized carbons (Fsp3) is 0.176. The van der Waals surface area contributed by atoms with Crippen LogP contribution in [-0.2, 0) is 11.2 Å². The Bertz CT molecular complexity index is 582. The number of aliphatic hydroxyl groups is 1. The Morgan fingerprint density at radius 3 is 2.71 bits per heavy atom. The van der Waals surface area contributed by atoms with Crippen molar-refractivity contribution in [1.82, 2.24) is 10.3 Å². The molecule has 2 rings (SSSR count). The summed E-state index contributed by atoms with van der Waals surface area (Å²) in [5.41, 5.74) is 1.93. The largest absolute Gasteiger partial charge is 0.394 e. The fourth-order valence-corrected chi connectivity index (χ4v) is 1.96. The van der Waals surface area contributed by atoms with Gasteiger partial charge in [-0.15, -0.1) is 0 Å². The average molecular weight is 282 g/mol. The highest BCUT2D eigenvalue weighted by atomic mass is 16.3. The Hall–Kier alpha value is -2.46.